The van der Waals surface area contributed by atoms with Gasteiger partial charge in [0.1, 0.15) is 24.0 Å². The number of rotatable bonds is 8. The van der Waals surface area contributed by atoms with E-state index in [0.29, 0.717) is 0 Å². The third-order valence-corrected chi connectivity index (χ3v) is 4.31. The maximum Gasteiger partial charge on any atom is 0.339 e. The molecule has 1 aromatic rings. The molecule has 0 radical (unpaired) electrons. The minimum atomic E-state index is -1.52. The first-order chi connectivity index (χ1) is 15.5. The van der Waals surface area contributed by atoms with Crippen molar-refractivity contribution in [2.24, 2.45) is 0 Å². The molecule has 1 aromatic carbocycles. The Hall–Kier alpha value is -3.67. The summed E-state index contributed by atoms with van der Waals surface area (Å²) in [6, 6.07) is 5.61. The molecule has 1 heterocycles. The first kappa shape index (κ1) is 25.6. The Bertz CT molecular complexity index is 910. The van der Waals surface area contributed by atoms with E-state index in [9.17, 15) is 29.1 Å². The second kappa shape index (κ2) is 11.3. The van der Waals surface area contributed by atoms with Gasteiger partial charge in [0, 0.05) is 27.7 Å². The summed E-state index contributed by atoms with van der Waals surface area (Å²) in [7, 11) is 0. The molecular weight excluding hydrogens is 444 g/mol. The van der Waals surface area contributed by atoms with Gasteiger partial charge < -0.3 is 33.5 Å². The third kappa shape index (κ3) is 7.17. The van der Waals surface area contributed by atoms with Crippen molar-refractivity contribution >= 4 is 29.8 Å². The average molecular weight is 468 g/mol. The van der Waals surface area contributed by atoms with E-state index in [4.69, 9.17) is 28.4 Å². The fraction of sp³-hybridized carbons (Fsp3) is 0.476. The van der Waals surface area contributed by atoms with Crippen LogP contribution in [0.1, 0.15) is 38.1 Å². The fourth-order valence-corrected chi connectivity index (χ4v) is 3.15. The number of esters is 4. The molecule has 1 aliphatic heterocycles. The molecule has 0 bridgehead atoms. The SMILES string of the molecule is CC(=O)OC[C@H]1O[C@@H](Oc2ccccc2C(=O)O)[C@@H](OC(C)=O)[C@@H](OC(C)=O)[C@@H]1OC(C)=O. The normalized spacial score (nSPS) is 24.2. The van der Waals surface area contributed by atoms with Crippen LogP contribution in [0, 0.1) is 0 Å². The van der Waals surface area contributed by atoms with Gasteiger partial charge in [0.25, 0.3) is 0 Å². The van der Waals surface area contributed by atoms with Crippen LogP contribution in [0.15, 0.2) is 24.3 Å². The highest BCUT2D eigenvalue weighted by molar-refractivity contribution is 5.90. The Balaban J connectivity index is 2.51. The lowest BCUT2D eigenvalue weighted by molar-refractivity contribution is -0.288. The van der Waals surface area contributed by atoms with Crippen molar-refractivity contribution in [1.29, 1.82) is 0 Å². The summed E-state index contributed by atoms with van der Waals surface area (Å²) in [6.07, 6.45) is -6.97. The van der Waals surface area contributed by atoms with Gasteiger partial charge in [-0.2, -0.15) is 0 Å². The average Bonchev–Trinajstić information content (AvgIpc) is 2.70. The molecule has 0 aromatic heterocycles. The van der Waals surface area contributed by atoms with Crippen LogP contribution in [0.5, 0.6) is 5.75 Å². The van der Waals surface area contributed by atoms with E-state index in [1.54, 1.807) is 0 Å². The molecule has 0 aliphatic carbocycles. The van der Waals surface area contributed by atoms with Gasteiger partial charge in [-0.05, 0) is 12.1 Å². The summed E-state index contributed by atoms with van der Waals surface area (Å²) in [5.41, 5.74) is -0.217. The Labute approximate surface area is 188 Å². The smallest absolute Gasteiger partial charge is 0.339 e. The standard InChI is InChI=1S/C21H24O12/c1-10(22)28-9-16-17(29-11(2)23)18(30-12(3)24)19(31-13(4)25)21(33-16)32-15-8-6-5-7-14(15)20(26)27/h5-8,16-19,21H,9H2,1-4H3,(H,26,27)/t16-,17-,18+,19+,21-/m1/s1. The first-order valence-corrected chi connectivity index (χ1v) is 9.79. The van der Waals surface area contributed by atoms with Crippen LogP contribution in [0.4, 0.5) is 0 Å². The van der Waals surface area contributed by atoms with E-state index in [0.717, 1.165) is 27.7 Å². The Kier molecular flexibility index (Phi) is 8.74. The third-order valence-electron chi connectivity index (χ3n) is 4.31. The predicted molar refractivity (Wildman–Crippen MR) is 106 cm³/mol. The van der Waals surface area contributed by atoms with Crippen molar-refractivity contribution in [3.8, 4) is 5.75 Å². The van der Waals surface area contributed by atoms with Crippen molar-refractivity contribution in [1.82, 2.24) is 0 Å². The van der Waals surface area contributed by atoms with Crippen LogP contribution >= 0.6 is 0 Å². The number of hydrogen-bond donors (Lipinski definition) is 1. The minimum absolute atomic E-state index is 0.133. The van der Waals surface area contributed by atoms with Crippen LogP contribution in [0.2, 0.25) is 0 Å². The zero-order valence-electron chi connectivity index (χ0n) is 18.3. The number of carboxylic acid groups (broad SMARTS) is 1. The number of hydrogen-bond acceptors (Lipinski definition) is 11. The van der Waals surface area contributed by atoms with E-state index in [1.165, 1.54) is 24.3 Å². The fourth-order valence-electron chi connectivity index (χ4n) is 3.15. The zero-order chi connectivity index (χ0) is 24.7. The highest BCUT2D eigenvalue weighted by atomic mass is 16.7. The van der Waals surface area contributed by atoms with Crippen LogP contribution in [0.25, 0.3) is 0 Å². The second-order valence-corrected chi connectivity index (χ2v) is 6.99. The number of carbonyl (C=O) groups is 5. The Morgan fingerprint density at radius 3 is 1.91 bits per heavy atom. The molecule has 1 N–H and O–H groups in total. The molecule has 1 fully saturated rings. The van der Waals surface area contributed by atoms with E-state index < -0.39 is 67.2 Å². The predicted octanol–water partition coefficient (Wildman–Crippen LogP) is 0.847. The summed E-state index contributed by atoms with van der Waals surface area (Å²) in [5, 5.41) is 9.43. The number of carbonyl (C=O) groups excluding carboxylic acids is 4. The van der Waals surface area contributed by atoms with Gasteiger partial charge in [-0.25, -0.2) is 4.79 Å². The monoisotopic (exact) mass is 468 g/mol. The van der Waals surface area contributed by atoms with Crippen LogP contribution in [-0.4, -0.2) is 72.3 Å². The number of ether oxygens (including phenoxy) is 6. The summed E-state index contributed by atoms with van der Waals surface area (Å²) in [4.78, 5) is 58.2. The second-order valence-electron chi connectivity index (χ2n) is 6.99. The molecule has 0 saturated carbocycles. The van der Waals surface area contributed by atoms with Crippen LogP contribution in [0.3, 0.4) is 0 Å². The lowest BCUT2D eigenvalue weighted by Gasteiger charge is -2.44. The summed E-state index contributed by atoms with van der Waals surface area (Å²) >= 11 is 0. The molecule has 2 rings (SSSR count). The lowest BCUT2D eigenvalue weighted by Crippen LogP contribution is -2.63. The van der Waals surface area contributed by atoms with Gasteiger partial charge in [-0.1, -0.05) is 12.1 Å². The summed E-state index contributed by atoms with van der Waals surface area (Å²) in [5.74, 6) is -4.47. The molecule has 12 heteroatoms. The van der Waals surface area contributed by atoms with E-state index in [1.807, 2.05) is 0 Å². The number of aromatic carboxylic acids is 1. The Morgan fingerprint density at radius 2 is 1.36 bits per heavy atom. The number of para-hydroxylation sites is 1. The topological polar surface area (TPSA) is 161 Å². The quantitative estimate of drug-likeness (QED) is 0.423. The van der Waals surface area contributed by atoms with Crippen molar-refractivity contribution in [3.05, 3.63) is 29.8 Å². The van der Waals surface area contributed by atoms with Gasteiger partial charge in [-0.15, -0.1) is 0 Å². The molecule has 12 nitrogen and oxygen atoms in total. The van der Waals surface area contributed by atoms with Gasteiger partial charge in [-0.3, -0.25) is 19.2 Å². The molecule has 1 aliphatic rings. The van der Waals surface area contributed by atoms with E-state index in [2.05, 4.69) is 0 Å². The van der Waals surface area contributed by atoms with Gasteiger partial charge in [0.15, 0.2) is 12.2 Å². The molecule has 1 saturated heterocycles. The van der Waals surface area contributed by atoms with Crippen molar-refractivity contribution in [3.63, 3.8) is 0 Å². The number of benzene rings is 1. The maximum absolute atomic E-state index is 11.8. The van der Waals surface area contributed by atoms with Gasteiger partial charge in [0.2, 0.25) is 12.4 Å². The first-order valence-electron chi connectivity index (χ1n) is 9.79. The minimum Gasteiger partial charge on any atom is -0.478 e. The van der Waals surface area contributed by atoms with Crippen molar-refractivity contribution < 1.29 is 57.5 Å². The molecule has 5 atom stereocenters. The van der Waals surface area contributed by atoms with Gasteiger partial charge >= 0.3 is 29.8 Å². The maximum atomic E-state index is 11.8. The molecule has 33 heavy (non-hydrogen) atoms. The van der Waals surface area contributed by atoms with Crippen molar-refractivity contribution in [2.75, 3.05) is 6.61 Å². The number of carboxylic acids is 1. The van der Waals surface area contributed by atoms with Gasteiger partial charge in [0.05, 0.1) is 0 Å². The van der Waals surface area contributed by atoms with E-state index >= 15 is 0 Å². The molecular formula is C21H24O12. The van der Waals surface area contributed by atoms with Crippen LogP contribution in [-0.2, 0) is 42.9 Å². The largest absolute Gasteiger partial charge is 0.478 e. The summed E-state index contributed by atoms with van der Waals surface area (Å²) in [6.45, 7) is 3.98. The lowest BCUT2D eigenvalue weighted by atomic mass is 9.98. The molecule has 0 spiro atoms. The highest BCUT2D eigenvalue weighted by Crippen LogP contribution is 2.32. The van der Waals surface area contributed by atoms with Crippen LogP contribution < -0.4 is 4.74 Å². The summed E-state index contributed by atoms with van der Waals surface area (Å²) < 4.78 is 32.3. The Morgan fingerprint density at radius 1 is 0.818 bits per heavy atom. The van der Waals surface area contributed by atoms with Crippen molar-refractivity contribution in [2.45, 2.75) is 58.4 Å². The molecule has 0 amide bonds. The van der Waals surface area contributed by atoms with E-state index in [-0.39, 0.29) is 11.3 Å². The molecule has 0 unspecified atom stereocenters. The zero-order valence-corrected chi connectivity index (χ0v) is 18.3. The molecule has 180 valence electrons. The highest BCUT2D eigenvalue weighted by Gasteiger charge is 2.53.